The molecule has 0 fully saturated rings. The summed E-state index contributed by atoms with van der Waals surface area (Å²) in [6.07, 6.45) is -0.276. The summed E-state index contributed by atoms with van der Waals surface area (Å²) in [6.45, 7) is 0. The highest BCUT2D eigenvalue weighted by Crippen LogP contribution is 2.28. The molecule has 1 unspecified atom stereocenters. The molecule has 10 heteroatoms. The second-order valence-electron chi connectivity index (χ2n) is 7.12. The number of anilines is 1. The number of hydrogen-bond acceptors (Lipinski definition) is 8. The molecule has 2 amide bonds. The first kappa shape index (κ1) is 21.5. The van der Waals surface area contributed by atoms with Crippen LogP contribution in [0.4, 0.5) is 11.4 Å². The van der Waals surface area contributed by atoms with Crippen LogP contribution in [0, 0.1) is 0 Å². The molecule has 166 valence electrons. The Morgan fingerprint density at radius 1 is 0.970 bits per heavy atom. The number of carbonyl (C=O) groups is 2. The van der Waals surface area contributed by atoms with E-state index >= 15 is 0 Å². The number of hydrazone groups is 1. The van der Waals surface area contributed by atoms with Crippen molar-refractivity contribution in [2.75, 3.05) is 5.01 Å². The van der Waals surface area contributed by atoms with Crippen molar-refractivity contribution in [2.45, 2.75) is 12.5 Å². The number of amidine groups is 1. The Hall–Kier alpha value is -4.73. The predicted octanol–water partition coefficient (Wildman–Crippen LogP) is 2.97. The maximum absolute atomic E-state index is 13.0. The summed E-state index contributed by atoms with van der Waals surface area (Å²) in [4.78, 5) is 25.7. The van der Waals surface area contributed by atoms with Gasteiger partial charge in [-0.1, -0.05) is 30.3 Å². The van der Waals surface area contributed by atoms with Gasteiger partial charge in [-0.25, -0.2) is 0 Å². The zero-order valence-corrected chi connectivity index (χ0v) is 17.2. The van der Waals surface area contributed by atoms with Crippen molar-refractivity contribution in [2.24, 2.45) is 15.3 Å². The molecule has 1 aliphatic rings. The molecule has 10 nitrogen and oxygen atoms in total. The third kappa shape index (κ3) is 4.79. The topological polar surface area (TPSA) is 147 Å². The second-order valence-corrected chi connectivity index (χ2v) is 7.12. The molecule has 0 aliphatic carbocycles. The molecule has 0 spiro atoms. The number of carbonyl (C=O) groups excluding carboxylic acids is 2. The van der Waals surface area contributed by atoms with Crippen molar-refractivity contribution in [3.05, 3.63) is 78.4 Å². The fourth-order valence-electron chi connectivity index (χ4n) is 3.14. The molecule has 1 aliphatic heterocycles. The van der Waals surface area contributed by atoms with Gasteiger partial charge in [-0.05, 0) is 42.5 Å². The monoisotopic (exact) mass is 445 g/mol. The summed E-state index contributed by atoms with van der Waals surface area (Å²) in [5, 5.41) is 45.3. The molecular weight excluding hydrogens is 426 g/mol. The lowest BCUT2D eigenvalue weighted by molar-refractivity contribution is -0.119. The van der Waals surface area contributed by atoms with Crippen LogP contribution in [0.25, 0.3) is 0 Å². The minimum Gasteiger partial charge on any atom is -0.508 e. The van der Waals surface area contributed by atoms with Crippen molar-refractivity contribution >= 4 is 29.0 Å². The number of phenolic OH excluding ortho intramolecular Hbond substituents is 3. The lowest BCUT2D eigenvalue weighted by Crippen LogP contribution is -2.40. The lowest BCUT2D eigenvalue weighted by atomic mass is 10.1. The molecule has 33 heavy (non-hydrogen) atoms. The Morgan fingerprint density at radius 3 is 2.45 bits per heavy atom. The van der Waals surface area contributed by atoms with E-state index < -0.39 is 17.9 Å². The molecule has 4 N–H and O–H groups in total. The molecule has 0 saturated heterocycles. The molecule has 4 rings (SSSR count). The SMILES string of the molecule is O=C(Cc1cc(O)ccc1O)NC1=NN(c2ccccc2)C(=O)C1N=Nc1ccccc1O. The fourth-order valence-corrected chi connectivity index (χ4v) is 3.14. The molecule has 0 radical (unpaired) electrons. The number of nitrogens with zero attached hydrogens (tertiary/aromatic N) is 4. The number of benzene rings is 3. The van der Waals surface area contributed by atoms with Gasteiger partial charge in [0.05, 0.1) is 12.1 Å². The number of amides is 2. The molecule has 0 saturated carbocycles. The minimum absolute atomic E-state index is 0.0623. The smallest absolute Gasteiger partial charge is 0.282 e. The average Bonchev–Trinajstić information content (AvgIpc) is 3.11. The normalized spacial score (nSPS) is 15.6. The zero-order chi connectivity index (χ0) is 23.4. The number of aromatic hydroxyl groups is 3. The van der Waals surface area contributed by atoms with Crippen LogP contribution in [0.5, 0.6) is 17.2 Å². The molecule has 3 aromatic carbocycles. The first-order valence-corrected chi connectivity index (χ1v) is 9.89. The van der Waals surface area contributed by atoms with Crippen LogP contribution in [-0.4, -0.2) is 39.0 Å². The second kappa shape index (κ2) is 9.18. The van der Waals surface area contributed by atoms with Crippen LogP contribution in [0.1, 0.15) is 5.56 Å². The summed E-state index contributed by atoms with van der Waals surface area (Å²) in [5.74, 6) is -1.57. The number of nitrogens with one attached hydrogen (secondary N) is 1. The summed E-state index contributed by atoms with van der Waals surface area (Å²) >= 11 is 0. The van der Waals surface area contributed by atoms with E-state index in [1.807, 2.05) is 0 Å². The number of hydrogen-bond donors (Lipinski definition) is 4. The highest BCUT2D eigenvalue weighted by molar-refractivity contribution is 6.21. The Morgan fingerprint density at radius 2 is 1.70 bits per heavy atom. The van der Waals surface area contributed by atoms with Gasteiger partial charge in [-0.3, -0.25) is 9.59 Å². The number of para-hydroxylation sites is 2. The highest BCUT2D eigenvalue weighted by Gasteiger charge is 2.38. The summed E-state index contributed by atoms with van der Waals surface area (Å²) in [7, 11) is 0. The minimum atomic E-state index is -1.26. The van der Waals surface area contributed by atoms with E-state index in [-0.39, 0.29) is 40.8 Å². The van der Waals surface area contributed by atoms with Gasteiger partial charge in [-0.2, -0.15) is 15.2 Å². The first-order chi connectivity index (χ1) is 15.9. The fraction of sp³-hybridized carbons (Fsp3) is 0.0870. The standard InChI is InChI=1S/C23H19N5O5/c29-16-10-11-18(30)14(12-16)13-20(32)24-22-21(26-25-17-8-4-5-9-19(17)31)23(33)28(27-22)15-6-2-1-3-7-15/h1-12,21,29-31H,13H2,(H,24,27,32). The van der Waals surface area contributed by atoms with Crippen LogP contribution in [0.3, 0.4) is 0 Å². The predicted molar refractivity (Wildman–Crippen MR) is 119 cm³/mol. The maximum atomic E-state index is 13.0. The van der Waals surface area contributed by atoms with E-state index in [1.54, 1.807) is 42.5 Å². The van der Waals surface area contributed by atoms with Crippen molar-refractivity contribution in [3.63, 3.8) is 0 Å². The molecule has 1 heterocycles. The quantitative estimate of drug-likeness (QED) is 0.352. The van der Waals surface area contributed by atoms with E-state index in [0.29, 0.717) is 5.69 Å². The molecule has 1 atom stereocenters. The summed E-state index contributed by atoms with van der Waals surface area (Å²) in [5.41, 5.74) is 0.823. The maximum Gasteiger partial charge on any atom is 0.282 e. The van der Waals surface area contributed by atoms with Crippen molar-refractivity contribution in [1.29, 1.82) is 0 Å². The van der Waals surface area contributed by atoms with Crippen molar-refractivity contribution < 1.29 is 24.9 Å². The Balaban J connectivity index is 1.60. The van der Waals surface area contributed by atoms with Gasteiger partial charge in [0, 0.05) is 5.56 Å². The van der Waals surface area contributed by atoms with E-state index in [1.165, 1.54) is 30.3 Å². The van der Waals surface area contributed by atoms with E-state index in [9.17, 15) is 24.9 Å². The van der Waals surface area contributed by atoms with Crippen LogP contribution in [-0.2, 0) is 16.0 Å². The Kier molecular flexibility index (Phi) is 5.98. The molecule has 0 bridgehead atoms. The molecule has 0 aromatic heterocycles. The average molecular weight is 445 g/mol. The van der Waals surface area contributed by atoms with Crippen molar-refractivity contribution in [3.8, 4) is 17.2 Å². The van der Waals surface area contributed by atoms with E-state index in [2.05, 4.69) is 20.6 Å². The highest BCUT2D eigenvalue weighted by atomic mass is 16.3. The number of rotatable bonds is 5. The lowest BCUT2D eigenvalue weighted by Gasteiger charge is -2.11. The van der Waals surface area contributed by atoms with Crippen LogP contribution in [0.2, 0.25) is 0 Å². The van der Waals surface area contributed by atoms with Gasteiger partial charge in [0.2, 0.25) is 11.9 Å². The first-order valence-electron chi connectivity index (χ1n) is 9.89. The van der Waals surface area contributed by atoms with Gasteiger partial charge in [0.1, 0.15) is 22.9 Å². The van der Waals surface area contributed by atoms with E-state index in [0.717, 1.165) is 5.01 Å². The van der Waals surface area contributed by atoms with Gasteiger partial charge in [0.15, 0.2) is 5.84 Å². The third-order valence-electron chi connectivity index (χ3n) is 4.75. The summed E-state index contributed by atoms with van der Waals surface area (Å²) in [6, 6.07) is 17.4. The Bertz CT molecular complexity index is 1260. The van der Waals surface area contributed by atoms with Gasteiger partial charge >= 0.3 is 0 Å². The number of phenols is 3. The molecule has 3 aromatic rings. The Labute approximate surface area is 188 Å². The van der Waals surface area contributed by atoms with Gasteiger partial charge in [-0.15, -0.1) is 5.10 Å². The van der Waals surface area contributed by atoms with Crippen molar-refractivity contribution in [1.82, 2.24) is 5.32 Å². The third-order valence-corrected chi connectivity index (χ3v) is 4.75. The largest absolute Gasteiger partial charge is 0.508 e. The zero-order valence-electron chi connectivity index (χ0n) is 17.2. The van der Waals surface area contributed by atoms with Crippen LogP contribution < -0.4 is 10.3 Å². The number of azo groups is 1. The van der Waals surface area contributed by atoms with Crippen LogP contribution in [0.15, 0.2) is 88.1 Å². The van der Waals surface area contributed by atoms with Gasteiger partial charge in [0.25, 0.3) is 5.91 Å². The summed E-state index contributed by atoms with van der Waals surface area (Å²) < 4.78 is 0. The van der Waals surface area contributed by atoms with Crippen LogP contribution >= 0.6 is 0 Å². The van der Waals surface area contributed by atoms with Gasteiger partial charge < -0.3 is 20.6 Å². The molecular formula is C23H19N5O5. The van der Waals surface area contributed by atoms with E-state index in [4.69, 9.17) is 0 Å².